The summed E-state index contributed by atoms with van der Waals surface area (Å²) in [5, 5.41) is 0.200. The van der Waals surface area contributed by atoms with Gasteiger partial charge in [0.25, 0.3) is 0 Å². The molecule has 0 bridgehead atoms. The van der Waals surface area contributed by atoms with Crippen LogP contribution in [0.3, 0.4) is 0 Å². The monoisotopic (exact) mass is 356 g/mol. The second-order valence-electron chi connectivity index (χ2n) is 9.31. The van der Waals surface area contributed by atoms with Crippen molar-refractivity contribution < 1.29 is 9.22 Å². The zero-order valence-corrected chi connectivity index (χ0v) is 17.6. The molecular formula is C22H32O2Si. The number of fused-ring (bicyclic) bond motifs is 3. The Kier molecular flexibility index (Phi) is 4.51. The van der Waals surface area contributed by atoms with Crippen LogP contribution in [0.15, 0.2) is 30.4 Å². The molecule has 2 aliphatic rings. The lowest BCUT2D eigenvalue weighted by Crippen LogP contribution is -2.44. The lowest BCUT2D eigenvalue weighted by atomic mass is 9.58. The zero-order valence-electron chi connectivity index (χ0n) is 16.6. The summed E-state index contributed by atoms with van der Waals surface area (Å²) in [5.74, 6) is 1.76. The first kappa shape index (κ1) is 18.4. The summed E-state index contributed by atoms with van der Waals surface area (Å²) in [4.78, 5) is 11.9. The Labute approximate surface area is 153 Å². The van der Waals surface area contributed by atoms with Crippen LogP contribution in [0.2, 0.25) is 18.1 Å². The molecule has 1 aromatic rings. The van der Waals surface area contributed by atoms with E-state index in [1.54, 1.807) is 0 Å². The van der Waals surface area contributed by atoms with Crippen molar-refractivity contribution in [3.8, 4) is 5.75 Å². The van der Waals surface area contributed by atoms with Crippen molar-refractivity contribution in [2.75, 3.05) is 0 Å². The van der Waals surface area contributed by atoms with Crippen LogP contribution >= 0.6 is 0 Å². The van der Waals surface area contributed by atoms with Gasteiger partial charge in [-0.2, -0.15) is 0 Å². The molecule has 0 spiro atoms. The van der Waals surface area contributed by atoms with Gasteiger partial charge < -0.3 is 4.43 Å². The normalized spacial score (nSPS) is 26.2. The summed E-state index contributed by atoms with van der Waals surface area (Å²) in [6.07, 6.45) is 7.91. The maximum Gasteiger partial charge on any atom is 0.250 e. The molecule has 0 N–H and O–H groups in total. The van der Waals surface area contributed by atoms with Gasteiger partial charge in [-0.15, -0.1) is 0 Å². The number of carbonyl (C=O) groups excluding carboxylic acids is 1. The van der Waals surface area contributed by atoms with Crippen LogP contribution in [-0.4, -0.2) is 14.1 Å². The van der Waals surface area contributed by atoms with Gasteiger partial charge in [0.05, 0.1) is 0 Å². The van der Waals surface area contributed by atoms with Crippen molar-refractivity contribution in [3.05, 3.63) is 41.5 Å². The number of ketones is 1. The molecule has 0 fully saturated rings. The first-order valence-corrected chi connectivity index (χ1v) is 12.5. The third-order valence-corrected chi connectivity index (χ3v) is 11.2. The minimum Gasteiger partial charge on any atom is -0.543 e. The van der Waals surface area contributed by atoms with E-state index in [-0.39, 0.29) is 16.2 Å². The van der Waals surface area contributed by atoms with E-state index >= 15 is 0 Å². The summed E-state index contributed by atoms with van der Waals surface area (Å²) in [5.41, 5.74) is 2.86. The molecule has 3 rings (SSSR count). The first-order chi connectivity index (χ1) is 11.6. The lowest BCUT2D eigenvalue weighted by molar-refractivity contribution is -0.116. The highest BCUT2D eigenvalue weighted by atomic mass is 28.4. The molecule has 2 nitrogen and oxygen atoms in total. The fourth-order valence-electron chi connectivity index (χ4n) is 4.21. The highest BCUT2D eigenvalue weighted by Crippen LogP contribution is 2.49. The molecule has 0 saturated heterocycles. The molecule has 2 atom stereocenters. The number of carbonyl (C=O) groups is 1. The van der Waals surface area contributed by atoms with Gasteiger partial charge in [-0.3, -0.25) is 4.79 Å². The van der Waals surface area contributed by atoms with E-state index in [1.807, 2.05) is 6.08 Å². The average Bonchev–Trinajstić information content (AvgIpc) is 2.53. The molecule has 0 radical (unpaired) electrons. The highest BCUT2D eigenvalue weighted by molar-refractivity contribution is 6.74. The van der Waals surface area contributed by atoms with E-state index in [0.29, 0.717) is 12.3 Å². The Bertz CT molecular complexity index is 711. The number of rotatable bonds is 3. The van der Waals surface area contributed by atoms with Crippen LogP contribution in [0.4, 0.5) is 0 Å². The van der Waals surface area contributed by atoms with Crippen LogP contribution in [0.1, 0.15) is 58.1 Å². The number of benzene rings is 1. The second kappa shape index (κ2) is 6.12. The van der Waals surface area contributed by atoms with Gasteiger partial charge in [-0.1, -0.05) is 39.8 Å². The van der Waals surface area contributed by atoms with E-state index in [4.69, 9.17) is 4.43 Å². The molecule has 0 aromatic heterocycles. The van der Waals surface area contributed by atoms with Crippen LogP contribution < -0.4 is 4.43 Å². The van der Waals surface area contributed by atoms with Gasteiger partial charge in [0.1, 0.15) is 5.75 Å². The summed E-state index contributed by atoms with van der Waals surface area (Å²) in [7, 11) is -1.82. The van der Waals surface area contributed by atoms with Gasteiger partial charge in [-0.25, -0.2) is 0 Å². The third-order valence-electron chi connectivity index (χ3n) is 6.85. The van der Waals surface area contributed by atoms with Crippen molar-refractivity contribution in [1.29, 1.82) is 0 Å². The van der Waals surface area contributed by atoms with Crippen LogP contribution in [-0.2, 0) is 16.6 Å². The molecule has 0 amide bonds. The number of hydrogen-bond donors (Lipinski definition) is 0. The summed E-state index contributed by atoms with van der Waals surface area (Å²) >= 11 is 0. The Morgan fingerprint density at radius 3 is 2.64 bits per heavy atom. The van der Waals surface area contributed by atoms with Crippen LogP contribution in [0, 0.1) is 5.92 Å². The van der Waals surface area contributed by atoms with Crippen LogP contribution in [0.25, 0.3) is 0 Å². The standard InChI is InChI=1S/C22H32O2Si/c1-7-22-13-12-18(23)15-17(22)9-8-16-14-19(10-11-20(16)22)24-25(5,6)21(2,3)4/h10-14,17H,7-9,15H2,1-6H3/t17-,22-/m1/s1. The van der Waals surface area contributed by atoms with E-state index in [9.17, 15) is 4.79 Å². The fourth-order valence-corrected chi connectivity index (χ4v) is 5.23. The minimum atomic E-state index is -1.82. The molecule has 0 heterocycles. The maximum absolute atomic E-state index is 11.9. The van der Waals surface area contributed by atoms with Crippen molar-refractivity contribution in [1.82, 2.24) is 0 Å². The Morgan fingerprint density at radius 2 is 2.00 bits per heavy atom. The van der Waals surface area contributed by atoms with E-state index in [1.165, 1.54) is 11.1 Å². The Balaban J connectivity index is 1.97. The molecule has 0 aliphatic heterocycles. The highest BCUT2D eigenvalue weighted by Gasteiger charge is 2.44. The van der Waals surface area contributed by atoms with Crippen molar-refractivity contribution in [3.63, 3.8) is 0 Å². The van der Waals surface area contributed by atoms with Gasteiger partial charge in [0.2, 0.25) is 8.32 Å². The molecule has 25 heavy (non-hydrogen) atoms. The predicted molar refractivity (Wildman–Crippen MR) is 107 cm³/mol. The van der Waals surface area contributed by atoms with Gasteiger partial charge in [0, 0.05) is 11.8 Å². The predicted octanol–water partition coefficient (Wildman–Crippen LogP) is 5.81. The van der Waals surface area contributed by atoms with Crippen LogP contribution in [0.5, 0.6) is 5.75 Å². The first-order valence-electron chi connectivity index (χ1n) is 9.63. The SMILES string of the molecule is CC[C@@]12C=CC(=O)C[C@H]1CCc1cc(O[Si](C)(C)C(C)(C)C)ccc12. The number of allylic oxidation sites excluding steroid dienone is 2. The smallest absolute Gasteiger partial charge is 0.250 e. The average molecular weight is 357 g/mol. The molecule has 1 aromatic carbocycles. The third kappa shape index (κ3) is 3.12. The molecule has 2 aliphatic carbocycles. The maximum atomic E-state index is 11.9. The zero-order chi connectivity index (χ0) is 18.5. The summed E-state index contributed by atoms with van der Waals surface area (Å²) < 4.78 is 6.52. The van der Waals surface area contributed by atoms with Gasteiger partial charge in [0.15, 0.2) is 5.78 Å². The fraction of sp³-hybridized carbons (Fsp3) is 0.591. The van der Waals surface area contributed by atoms with Crippen molar-refractivity contribution in [2.24, 2.45) is 5.92 Å². The minimum absolute atomic E-state index is 0.0387. The Hall–Kier alpha value is -1.35. The van der Waals surface area contributed by atoms with E-state index < -0.39 is 8.32 Å². The quantitative estimate of drug-likeness (QED) is 0.639. The summed E-state index contributed by atoms with van der Waals surface area (Å²) in [6, 6.07) is 6.70. The van der Waals surface area contributed by atoms with Gasteiger partial charge in [-0.05, 0) is 72.6 Å². The van der Waals surface area contributed by atoms with Crippen molar-refractivity contribution >= 4 is 14.1 Å². The molecule has 136 valence electrons. The lowest BCUT2D eigenvalue weighted by Gasteiger charge is -2.45. The van der Waals surface area contributed by atoms with E-state index in [2.05, 4.69) is 65.1 Å². The van der Waals surface area contributed by atoms with E-state index in [0.717, 1.165) is 25.0 Å². The second-order valence-corrected chi connectivity index (χ2v) is 14.0. The van der Waals surface area contributed by atoms with Gasteiger partial charge >= 0.3 is 0 Å². The molecule has 0 unspecified atom stereocenters. The number of hydrogen-bond acceptors (Lipinski definition) is 2. The topological polar surface area (TPSA) is 26.3 Å². The Morgan fingerprint density at radius 1 is 1.28 bits per heavy atom. The summed E-state index contributed by atoms with van der Waals surface area (Å²) in [6.45, 7) is 13.7. The molecule has 3 heteroatoms. The molecular weight excluding hydrogens is 324 g/mol. The van der Waals surface area contributed by atoms with Crippen molar-refractivity contribution in [2.45, 2.75) is 76.9 Å². The molecule has 0 saturated carbocycles. The largest absolute Gasteiger partial charge is 0.543 e. The number of aryl methyl sites for hydroxylation is 1.